The van der Waals surface area contributed by atoms with Gasteiger partial charge in [0, 0.05) is 30.9 Å². The van der Waals surface area contributed by atoms with E-state index in [1.54, 1.807) is 0 Å². The highest BCUT2D eigenvalue weighted by Crippen LogP contribution is 2.20. The van der Waals surface area contributed by atoms with E-state index in [1.807, 2.05) is 60.7 Å². The lowest BCUT2D eigenvalue weighted by Gasteiger charge is -2.26. The predicted molar refractivity (Wildman–Crippen MR) is 116 cm³/mol. The molecule has 1 aliphatic heterocycles. The fourth-order valence-corrected chi connectivity index (χ4v) is 3.59. The molecule has 148 valence electrons. The summed E-state index contributed by atoms with van der Waals surface area (Å²) < 4.78 is 5.40. The van der Waals surface area contributed by atoms with Crippen LogP contribution >= 0.6 is 0 Å². The molecule has 0 unspecified atom stereocenters. The third-order valence-corrected chi connectivity index (χ3v) is 5.23. The Labute approximate surface area is 172 Å². The average Bonchev–Trinajstić information content (AvgIpc) is 2.77. The second kappa shape index (κ2) is 9.50. The number of benzene rings is 3. The van der Waals surface area contributed by atoms with Gasteiger partial charge in [0.25, 0.3) is 5.91 Å². The highest BCUT2D eigenvalue weighted by Gasteiger charge is 2.12. The van der Waals surface area contributed by atoms with Crippen molar-refractivity contribution in [1.29, 1.82) is 0 Å². The van der Waals surface area contributed by atoms with Crippen molar-refractivity contribution in [2.24, 2.45) is 0 Å². The van der Waals surface area contributed by atoms with Crippen molar-refractivity contribution < 1.29 is 9.53 Å². The fraction of sp³-hybridized carbons (Fsp3) is 0.240. The van der Waals surface area contributed by atoms with Crippen molar-refractivity contribution in [3.8, 4) is 0 Å². The van der Waals surface area contributed by atoms with Gasteiger partial charge >= 0.3 is 0 Å². The number of hydrogen-bond donors (Lipinski definition) is 1. The van der Waals surface area contributed by atoms with Gasteiger partial charge in [-0.05, 0) is 41.3 Å². The topological polar surface area (TPSA) is 41.6 Å². The van der Waals surface area contributed by atoms with Gasteiger partial charge in [-0.15, -0.1) is 0 Å². The van der Waals surface area contributed by atoms with Crippen LogP contribution in [-0.2, 0) is 17.7 Å². The van der Waals surface area contributed by atoms with Crippen molar-refractivity contribution in [3.63, 3.8) is 0 Å². The molecule has 1 aliphatic rings. The van der Waals surface area contributed by atoms with Gasteiger partial charge in [0.05, 0.1) is 13.2 Å². The van der Waals surface area contributed by atoms with Gasteiger partial charge in [-0.3, -0.25) is 9.69 Å². The maximum Gasteiger partial charge on any atom is 0.255 e. The van der Waals surface area contributed by atoms with Crippen LogP contribution in [0.5, 0.6) is 0 Å². The van der Waals surface area contributed by atoms with E-state index in [4.69, 9.17) is 4.74 Å². The molecule has 1 N–H and O–H groups in total. The first kappa shape index (κ1) is 19.4. The number of nitrogens with one attached hydrogen (secondary N) is 1. The van der Waals surface area contributed by atoms with Crippen LogP contribution in [-0.4, -0.2) is 37.1 Å². The first-order chi connectivity index (χ1) is 14.3. The Morgan fingerprint density at radius 1 is 0.828 bits per heavy atom. The molecular weight excluding hydrogens is 360 g/mol. The smallest absolute Gasteiger partial charge is 0.255 e. The van der Waals surface area contributed by atoms with Crippen LogP contribution in [0, 0.1) is 0 Å². The number of amides is 1. The molecule has 29 heavy (non-hydrogen) atoms. The van der Waals surface area contributed by atoms with Gasteiger partial charge in [-0.25, -0.2) is 0 Å². The number of anilines is 1. The maximum absolute atomic E-state index is 12.8. The molecule has 0 aromatic heterocycles. The molecule has 0 spiro atoms. The molecule has 0 bridgehead atoms. The minimum atomic E-state index is -0.0802. The summed E-state index contributed by atoms with van der Waals surface area (Å²) in [6.45, 7) is 4.40. The molecule has 3 aromatic rings. The Balaban J connectivity index is 1.41. The molecule has 0 atom stereocenters. The van der Waals surface area contributed by atoms with Gasteiger partial charge in [-0.1, -0.05) is 60.7 Å². The predicted octanol–water partition coefficient (Wildman–Crippen LogP) is 4.36. The molecule has 0 radical (unpaired) electrons. The van der Waals surface area contributed by atoms with E-state index in [9.17, 15) is 4.79 Å². The van der Waals surface area contributed by atoms with Crippen LogP contribution in [0.25, 0.3) is 0 Å². The zero-order valence-electron chi connectivity index (χ0n) is 16.5. The number of hydrogen-bond acceptors (Lipinski definition) is 3. The first-order valence-corrected chi connectivity index (χ1v) is 10.1. The number of carbonyl (C=O) groups excluding carboxylic acids is 1. The normalized spacial score (nSPS) is 14.5. The lowest BCUT2D eigenvalue weighted by Crippen LogP contribution is -2.35. The molecular formula is C25H26N2O2. The highest BCUT2D eigenvalue weighted by atomic mass is 16.5. The van der Waals surface area contributed by atoms with Crippen LogP contribution in [0.1, 0.15) is 27.0 Å². The SMILES string of the molecule is O=C(Nc1ccccc1Cc1ccccc1)c1ccc(CN2CCOCC2)cc1. The van der Waals surface area contributed by atoms with E-state index < -0.39 is 0 Å². The minimum Gasteiger partial charge on any atom is -0.379 e. The Morgan fingerprint density at radius 2 is 1.52 bits per heavy atom. The molecule has 3 aromatic carbocycles. The second-order valence-corrected chi connectivity index (χ2v) is 7.36. The summed E-state index contributed by atoms with van der Waals surface area (Å²) in [7, 11) is 0. The summed E-state index contributed by atoms with van der Waals surface area (Å²) in [5, 5.41) is 3.08. The van der Waals surface area contributed by atoms with Gasteiger partial charge < -0.3 is 10.1 Å². The van der Waals surface area contributed by atoms with E-state index in [1.165, 1.54) is 11.1 Å². The average molecular weight is 386 g/mol. The van der Waals surface area contributed by atoms with Crippen LogP contribution in [0.2, 0.25) is 0 Å². The molecule has 4 rings (SSSR count). The summed E-state index contributed by atoms with van der Waals surface area (Å²) in [5.41, 5.74) is 5.08. The van der Waals surface area contributed by atoms with Crippen LogP contribution in [0.15, 0.2) is 78.9 Å². The van der Waals surface area contributed by atoms with Crippen molar-refractivity contribution in [2.75, 3.05) is 31.6 Å². The summed E-state index contributed by atoms with van der Waals surface area (Å²) >= 11 is 0. The van der Waals surface area contributed by atoms with Crippen molar-refractivity contribution in [2.45, 2.75) is 13.0 Å². The zero-order valence-corrected chi connectivity index (χ0v) is 16.5. The summed E-state index contributed by atoms with van der Waals surface area (Å²) in [6, 6.07) is 26.2. The van der Waals surface area contributed by atoms with Gasteiger partial charge in [-0.2, -0.15) is 0 Å². The standard InChI is InChI=1S/C25H26N2O2/c28-25(22-12-10-21(11-13-22)19-27-14-16-29-17-15-27)26-24-9-5-4-8-23(24)18-20-6-2-1-3-7-20/h1-13H,14-19H2,(H,26,28). The monoisotopic (exact) mass is 386 g/mol. The largest absolute Gasteiger partial charge is 0.379 e. The number of carbonyl (C=O) groups is 1. The van der Waals surface area contributed by atoms with E-state index in [2.05, 4.69) is 28.4 Å². The van der Waals surface area contributed by atoms with Crippen LogP contribution in [0.3, 0.4) is 0 Å². The molecule has 1 amide bonds. The minimum absolute atomic E-state index is 0.0802. The van der Waals surface area contributed by atoms with Gasteiger partial charge in [0.15, 0.2) is 0 Å². The molecule has 4 nitrogen and oxygen atoms in total. The maximum atomic E-state index is 12.8. The third-order valence-electron chi connectivity index (χ3n) is 5.23. The van der Waals surface area contributed by atoms with E-state index in [0.29, 0.717) is 5.56 Å². The highest BCUT2D eigenvalue weighted by molar-refractivity contribution is 6.04. The number of nitrogens with zero attached hydrogens (tertiary/aromatic N) is 1. The van der Waals surface area contributed by atoms with E-state index in [-0.39, 0.29) is 5.91 Å². The quantitative estimate of drug-likeness (QED) is 0.684. The van der Waals surface area contributed by atoms with E-state index >= 15 is 0 Å². The van der Waals surface area contributed by atoms with E-state index in [0.717, 1.165) is 50.5 Å². The van der Waals surface area contributed by atoms with Crippen molar-refractivity contribution in [3.05, 3.63) is 101 Å². The summed E-state index contributed by atoms with van der Waals surface area (Å²) in [4.78, 5) is 15.2. The number of morpholine rings is 1. The van der Waals surface area contributed by atoms with Gasteiger partial charge in [0.1, 0.15) is 0 Å². The number of ether oxygens (including phenoxy) is 1. The van der Waals surface area contributed by atoms with Crippen LogP contribution < -0.4 is 5.32 Å². The van der Waals surface area contributed by atoms with Crippen LogP contribution in [0.4, 0.5) is 5.69 Å². The Kier molecular flexibility index (Phi) is 6.35. The van der Waals surface area contributed by atoms with Crippen molar-refractivity contribution in [1.82, 2.24) is 4.90 Å². The number of para-hydroxylation sites is 1. The van der Waals surface area contributed by atoms with Gasteiger partial charge in [0.2, 0.25) is 0 Å². The third kappa shape index (κ3) is 5.31. The number of rotatable bonds is 6. The molecule has 0 aliphatic carbocycles. The molecule has 1 saturated heterocycles. The zero-order chi connectivity index (χ0) is 19.9. The Morgan fingerprint density at radius 3 is 2.28 bits per heavy atom. The summed E-state index contributed by atoms with van der Waals surface area (Å²) in [5.74, 6) is -0.0802. The summed E-state index contributed by atoms with van der Waals surface area (Å²) in [6.07, 6.45) is 0.787. The molecule has 0 saturated carbocycles. The molecule has 4 heteroatoms. The second-order valence-electron chi connectivity index (χ2n) is 7.36. The fourth-order valence-electron chi connectivity index (χ4n) is 3.59. The molecule has 1 heterocycles. The first-order valence-electron chi connectivity index (χ1n) is 10.1. The Bertz CT molecular complexity index is 933. The Hall–Kier alpha value is -2.95. The van der Waals surface area contributed by atoms with Crippen molar-refractivity contribution >= 4 is 11.6 Å². The molecule has 1 fully saturated rings. The lowest BCUT2D eigenvalue weighted by molar-refractivity contribution is 0.0342. The lowest BCUT2D eigenvalue weighted by atomic mass is 10.0.